The van der Waals surface area contributed by atoms with Crippen molar-refractivity contribution in [2.24, 2.45) is 0 Å². The summed E-state index contributed by atoms with van der Waals surface area (Å²) in [5.74, 6) is -0.276. The number of aliphatic hydroxyl groups excluding tert-OH is 1. The summed E-state index contributed by atoms with van der Waals surface area (Å²) in [6.07, 6.45) is 0. The molecule has 1 heterocycles. The molecule has 0 spiro atoms. The van der Waals surface area contributed by atoms with Crippen molar-refractivity contribution in [3.05, 3.63) is 28.9 Å². The van der Waals surface area contributed by atoms with E-state index in [4.69, 9.17) is 10.8 Å². The number of fused-ring (bicyclic) bond motifs is 1. The molecule has 2 rings (SSSR count). The van der Waals surface area contributed by atoms with Crippen molar-refractivity contribution in [2.75, 3.05) is 5.73 Å². The van der Waals surface area contributed by atoms with Crippen molar-refractivity contribution in [1.29, 1.82) is 0 Å². The first-order valence-corrected chi connectivity index (χ1v) is 4.66. The highest BCUT2D eigenvalue weighted by molar-refractivity contribution is 7.17. The summed E-state index contributed by atoms with van der Waals surface area (Å²) in [4.78, 5) is 0. The van der Waals surface area contributed by atoms with Crippen LogP contribution in [0.25, 0.3) is 10.1 Å². The Hall–Kier alpha value is -1.13. The van der Waals surface area contributed by atoms with Gasteiger partial charge >= 0.3 is 0 Å². The molecule has 2 aromatic rings. The Labute approximate surface area is 78.4 Å². The van der Waals surface area contributed by atoms with E-state index >= 15 is 0 Å². The summed E-state index contributed by atoms with van der Waals surface area (Å²) in [5.41, 5.74) is 6.84. The van der Waals surface area contributed by atoms with Gasteiger partial charge in [0.25, 0.3) is 0 Å². The van der Waals surface area contributed by atoms with Crippen molar-refractivity contribution < 1.29 is 9.50 Å². The number of thiophene rings is 1. The molecule has 0 saturated heterocycles. The number of hydrogen-bond donors (Lipinski definition) is 2. The molecule has 0 aliphatic heterocycles. The van der Waals surface area contributed by atoms with E-state index in [1.165, 1.54) is 16.7 Å². The van der Waals surface area contributed by atoms with Gasteiger partial charge in [0.05, 0.1) is 11.3 Å². The van der Waals surface area contributed by atoms with Crippen molar-refractivity contribution in [3.63, 3.8) is 0 Å². The van der Waals surface area contributed by atoms with Crippen LogP contribution in [0.3, 0.4) is 0 Å². The van der Waals surface area contributed by atoms with Crippen molar-refractivity contribution in [3.8, 4) is 0 Å². The fourth-order valence-corrected chi connectivity index (χ4v) is 2.11. The quantitative estimate of drug-likeness (QED) is 0.688. The summed E-state index contributed by atoms with van der Waals surface area (Å²) in [6.45, 7) is -0.116. The van der Waals surface area contributed by atoms with Crippen LogP contribution in [0.5, 0.6) is 0 Å². The second kappa shape index (κ2) is 2.97. The first kappa shape index (κ1) is 8.47. The monoisotopic (exact) mass is 197 g/mol. The number of halogens is 1. The van der Waals surface area contributed by atoms with Crippen LogP contribution in [0.4, 0.5) is 10.1 Å². The molecule has 0 atom stereocenters. The molecule has 0 aliphatic rings. The van der Waals surface area contributed by atoms with Crippen LogP contribution in [-0.2, 0) is 6.61 Å². The van der Waals surface area contributed by atoms with E-state index < -0.39 is 0 Å². The molecule has 0 fully saturated rings. The highest BCUT2D eigenvalue weighted by atomic mass is 32.1. The van der Waals surface area contributed by atoms with E-state index in [2.05, 4.69) is 0 Å². The molecule has 3 N–H and O–H groups in total. The predicted octanol–water partition coefficient (Wildman–Crippen LogP) is 2.11. The maximum absolute atomic E-state index is 13.1. The number of anilines is 1. The average molecular weight is 197 g/mol. The SMILES string of the molecule is Nc1cc(CO)cc2c(F)csc12. The maximum atomic E-state index is 13.1. The van der Waals surface area contributed by atoms with Gasteiger partial charge in [-0.1, -0.05) is 0 Å². The van der Waals surface area contributed by atoms with Crippen molar-refractivity contribution in [1.82, 2.24) is 0 Å². The summed E-state index contributed by atoms with van der Waals surface area (Å²) in [5, 5.41) is 10.8. The zero-order valence-corrected chi connectivity index (χ0v) is 7.57. The second-order valence-corrected chi connectivity index (χ2v) is 3.68. The Kier molecular flexibility index (Phi) is 1.94. The van der Waals surface area contributed by atoms with E-state index in [0.717, 1.165) is 4.70 Å². The molecule has 0 saturated carbocycles. The van der Waals surface area contributed by atoms with Crippen LogP contribution in [0, 0.1) is 5.82 Å². The molecule has 0 bridgehead atoms. The van der Waals surface area contributed by atoms with Crippen molar-refractivity contribution >= 4 is 27.1 Å². The van der Waals surface area contributed by atoms with Gasteiger partial charge in [0.2, 0.25) is 0 Å². The second-order valence-electron chi connectivity index (χ2n) is 2.80. The van der Waals surface area contributed by atoms with E-state index in [1.54, 1.807) is 12.1 Å². The fraction of sp³-hybridized carbons (Fsp3) is 0.111. The number of rotatable bonds is 1. The standard InChI is InChI=1S/C9H8FNOS/c10-7-4-13-9-6(7)1-5(3-12)2-8(9)11/h1-2,4,12H,3,11H2. The summed E-state index contributed by atoms with van der Waals surface area (Å²) < 4.78 is 13.9. The molecule has 1 aromatic carbocycles. The van der Waals surface area contributed by atoms with Gasteiger partial charge in [-0.15, -0.1) is 11.3 Å². The molecule has 68 valence electrons. The summed E-state index contributed by atoms with van der Waals surface area (Å²) in [6, 6.07) is 3.29. The van der Waals surface area contributed by atoms with E-state index in [0.29, 0.717) is 16.6 Å². The third-order valence-electron chi connectivity index (χ3n) is 1.90. The minimum absolute atomic E-state index is 0.116. The Morgan fingerprint density at radius 1 is 1.46 bits per heavy atom. The number of benzene rings is 1. The van der Waals surface area contributed by atoms with Crippen LogP contribution >= 0.6 is 11.3 Å². The molecule has 0 unspecified atom stereocenters. The Balaban J connectivity index is 2.80. The number of nitrogens with two attached hydrogens (primary N) is 1. The highest BCUT2D eigenvalue weighted by Crippen LogP contribution is 2.30. The minimum atomic E-state index is -0.276. The van der Waals surface area contributed by atoms with Gasteiger partial charge in [-0.25, -0.2) is 4.39 Å². The molecule has 13 heavy (non-hydrogen) atoms. The summed E-state index contributed by atoms with van der Waals surface area (Å²) in [7, 11) is 0. The molecule has 0 aliphatic carbocycles. The lowest BCUT2D eigenvalue weighted by molar-refractivity contribution is 0.282. The molecule has 0 amide bonds. The zero-order chi connectivity index (χ0) is 9.42. The van der Waals surface area contributed by atoms with Gasteiger partial charge in [-0.05, 0) is 17.7 Å². The van der Waals surface area contributed by atoms with E-state index in [-0.39, 0.29) is 12.4 Å². The normalized spacial score (nSPS) is 10.9. The van der Waals surface area contributed by atoms with Gasteiger partial charge in [0, 0.05) is 16.5 Å². The molecular weight excluding hydrogens is 189 g/mol. The van der Waals surface area contributed by atoms with Gasteiger partial charge < -0.3 is 10.8 Å². The largest absolute Gasteiger partial charge is 0.398 e. The number of nitrogen functional groups attached to an aromatic ring is 1. The lowest BCUT2D eigenvalue weighted by Crippen LogP contribution is -1.89. The first-order valence-electron chi connectivity index (χ1n) is 3.78. The van der Waals surface area contributed by atoms with Crippen LogP contribution < -0.4 is 5.73 Å². The van der Waals surface area contributed by atoms with E-state index in [1.807, 2.05) is 0 Å². The molecule has 4 heteroatoms. The highest BCUT2D eigenvalue weighted by Gasteiger charge is 2.07. The smallest absolute Gasteiger partial charge is 0.141 e. The third-order valence-corrected chi connectivity index (χ3v) is 2.91. The van der Waals surface area contributed by atoms with Gasteiger partial charge in [0.15, 0.2) is 0 Å². The van der Waals surface area contributed by atoms with Crippen LogP contribution in [0.1, 0.15) is 5.56 Å². The van der Waals surface area contributed by atoms with Crippen LogP contribution in [-0.4, -0.2) is 5.11 Å². The third kappa shape index (κ3) is 1.28. The zero-order valence-electron chi connectivity index (χ0n) is 6.75. The Morgan fingerprint density at radius 3 is 2.92 bits per heavy atom. The van der Waals surface area contributed by atoms with Crippen LogP contribution in [0.2, 0.25) is 0 Å². The van der Waals surface area contributed by atoms with Crippen molar-refractivity contribution in [2.45, 2.75) is 6.61 Å². The number of aliphatic hydroxyl groups is 1. The lowest BCUT2D eigenvalue weighted by Gasteiger charge is -2.00. The Bertz CT molecular complexity index is 452. The summed E-state index contributed by atoms with van der Waals surface area (Å²) >= 11 is 1.28. The topological polar surface area (TPSA) is 46.2 Å². The molecule has 0 radical (unpaired) electrons. The van der Waals surface area contributed by atoms with Crippen LogP contribution in [0.15, 0.2) is 17.5 Å². The fourth-order valence-electron chi connectivity index (χ4n) is 1.29. The number of hydrogen-bond acceptors (Lipinski definition) is 3. The molecule has 1 aromatic heterocycles. The maximum Gasteiger partial charge on any atom is 0.141 e. The van der Waals surface area contributed by atoms with E-state index in [9.17, 15) is 4.39 Å². The van der Waals surface area contributed by atoms with Gasteiger partial charge in [-0.3, -0.25) is 0 Å². The van der Waals surface area contributed by atoms with Gasteiger partial charge in [-0.2, -0.15) is 0 Å². The molecule has 2 nitrogen and oxygen atoms in total. The minimum Gasteiger partial charge on any atom is -0.398 e. The Morgan fingerprint density at radius 2 is 2.23 bits per heavy atom. The average Bonchev–Trinajstić information content (AvgIpc) is 2.48. The lowest BCUT2D eigenvalue weighted by atomic mass is 10.1. The van der Waals surface area contributed by atoms with Gasteiger partial charge in [0.1, 0.15) is 5.82 Å². The predicted molar refractivity (Wildman–Crippen MR) is 52.1 cm³/mol. The molecular formula is C9H8FNOS. The first-order chi connectivity index (χ1) is 6.22.